The molecule has 0 bridgehead atoms. The van der Waals surface area contributed by atoms with Gasteiger partial charge < -0.3 is 40.4 Å². The summed E-state index contributed by atoms with van der Waals surface area (Å²) >= 11 is 0. The second kappa shape index (κ2) is 16.0. The topological polar surface area (TPSA) is 146 Å². The Labute approximate surface area is 310 Å². The van der Waals surface area contributed by atoms with Crippen LogP contribution in [0.15, 0.2) is 54.9 Å². The SMILES string of the molecule is CC(C)[C@H](NC(=O)O)C(=O)N1CCCC1c1ncc(-c2ccc(C#CC#Cc3cnc(C4CCCN4)[nH]3)c(-c3ccc(N4CCN(C)CC4)cc3)c2)[nH]1. The molecule has 7 rings (SSSR count). The predicted octanol–water partition coefficient (Wildman–Crippen LogP) is 5.00. The standard InChI is InChI=1S/C41H47N9O3/c1-27(2)37(47-41(52)53)40(51)50-19-7-11-36(50)39-44-26-35(46-39)30-13-12-28(8-4-5-9-31-25-43-38(45-31)34-10-6-18-42-34)33(24-30)29-14-16-32(17-15-29)49-22-20-48(3)21-23-49/h12-17,24-27,34,36-37,42,47H,6-7,10-11,18-23H2,1-3H3,(H,43,45)(H,44,46)(H,52,53)/t34?,36?,37-/m0/s1. The summed E-state index contributed by atoms with van der Waals surface area (Å²) in [6, 6.07) is 14.0. The summed E-state index contributed by atoms with van der Waals surface area (Å²) in [6.07, 6.45) is 6.13. The molecule has 5 N–H and O–H groups in total. The van der Waals surface area contributed by atoms with Gasteiger partial charge in [-0.15, -0.1) is 0 Å². The van der Waals surface area contributed by atoms with Crippen molar-refractivity contribution in [3.63, 3.8) is 0 Å². The number of benzene rings is 2. The number of piperazine rings is 1. The molecule has 3 fully saturated rings. The van der Waals surface area contributed by atoms with E-state index >= 15 is 0 Å². The third kappa shape index (κ3) is 8.25. The Hall–Kier alpha value is -5.56. The van der Waals surface area contributed by atoms with Crippen LogP contribution in [-0.4, -0.2) is 99.2 Å². The van der Waals surface area contributed by atoms with Crippen LogP contribution < -0.4 is 15.5 Å². The van der Waals surface area contributed by atoms with E-state index in [2.05, 4.69) is 96.4 Å². The lowest BCUT2D eigenvalue weighted by atomic mass is 9.96. The first-order chi connectivity index (χ1) is 25.7. The van der Waals surface area contributed by atoms with Gasteiger partial charge in [0.1, 0.15) is 23.4 Å². The van der Waals surface area contributed by atoms with Crippen molar-refractivity contribution < 1.29 is 14.7 Å². The van der Waals surface area contributed by atoms with Crippen LogP contribution >= 0.6 is 0 Å². The summed E-state index contributed by atoms with van der Waals surface area (Å²) in [7, 11) is 2.16. The molecule has 0 radical (unpaired) electrons. The van der Waals surface area contributed by atoms with Crippen LogP contribution in [0.5, 0.6) is 0 Å². The molecule has 2 amide bonds. The van der Waals surface area contributed by atoms with Gasteiger partial charge in [-0.1, -0.05) is 38.0 Å². The van der Waals surface area contributed by atoms with Crippen molar-refractivity contribution in [2.45, 2.75) is 57.7 Å². The summed E-state index contributed by atoms with van der Waals surface area (Å²) in [6.45, 7) is 9.32. The average Bonchev–Trinajstić information content (AvgIpc) is 4.00. The normalized spacial score (nSPS) is 19.4. The lowest BCUT2D eigenvalue weighted by Crippen LogP contribution is -2.50. The van der Waals surface area contributed by atoms with Crippen LogP contribution in [0.25, 0.3) is 22.4 Å². The van der Waals surface area contributed by atoms with Gasteiger partial charge in [-0.05, 0) is 98.3 Å². The van der Waals surface area contributed by atoms with Gasteiger partial charge in [0.05, 0.1) is 30.2 Å². The number of carboxylic acid groups (broad SMARTS) is 1. The number of carbonyl (C=O) groups excluding carboxylic acids is 1. The predicted molar refractivity (Wildman–Crippen MR) is 205 cm³/mol. The number of imidazole rings is 2. The zero-order chi connectivity index (χ0) is 36.9. The van der Waals surface area contributed by atoms with Crippen molar-refractivity contribution in [2.24, 2.45) is 5.92 Å². The fourth-order valence-corrected chi connectivity index (χ4v) is 7.46. The molecule has 2 aromatic heterocycles. The maximum atomic E-state index is 13.5. The van der Waals surface area contributed by atoms with E-state index < -0.39 is 12.1 Å². The molecule has 2 aromatic carbocycles. The molecule has 4 aromatic rings. The Morgan fingerprint density at radius 1 is 0.887 bits per heavy atom. The van der Waals surface area contributed by atoms with Gasteiger partial charge >= 0.3 is 6.09 Å². The zero-order valence-corrected chi connectivity index (χ0v) is 30.6. The number of likely N-dealkylation sites (tertiary alicyclic amines) is 1. The second-order valence-corrected chi connectivity index (χ2v) is 14.5. The first-order valence-electron chi connectivity index (χ1n) is 18.6. The Balaban J connectivity index is 1.16. The van der Waals surface area contributed by atoms with E-state index in [1.807, 2.05) is 26.0 Å². The number of nitrogens with one attached hydrogen (secondary N) is 4. The summed E-state index contributed by atoms with van der Waals surface area (Å²) in [4.78, 5) is 47.6. The molecule has 53 heavy (non-hydrogen) atoms. The minimum absolute atomic E-state index is 0.189. The number of likely N-dealkylation sites (N-methyl/N-ethyl adjacent to an activating group) is 1. The first-order valence-corrected chi connectivity index (χ1v) is 18.6. The first kappa shape index (κ1) is 35.8. The van der Waals surface area contributed by atoms with Gasteiger partial charge in [0, 0.05) is 49.5 Å². The second-order valence-electron chi connectivity index (χ2n) is 14.5. The molecular weight excluding hydrogens is 667 g/mol. The van der Waals surface area contributed by atoms with E-state index in [9.17, 15) is 14.7 Å². The quantitative estimate of drug-likeness (QED) is 0.161. The summed E-state index contributed by atoms with van der Waals surface area (Å²) in [5.74, 6) is 13.7. The number of H-pyrrole nitrogens is 2. The molecule has 2 unspecified atom stereocenters. The van der Waals surface area contributed by atoms with Crippen LogP contribution in [0.2, 0.25) is 0 Å². The van der Waals surface area contributed by atoms with E-state index in [-0.39, 0.29) is 23.9 Å². The largest absolute Gasteiger partial charge is 0.465 e. The third-order valence-electron chi connectivity index (χ3n) is 10.5. The summed E-state index contributed by atoms with van der Waals surface area (Å²) < 4.78 is 0. The third-order valence-corrected chi connectivity index (χ3v) is 10.5. The number of hydrogen-bond acceptors (Lipinski definition) is 7. The fourth-order valence-electron chi connectivity index (χ4n) is 7.46. The fraction of sp³-hybridized carbons (Fsp3) is 0.415. The van der Waals surface area contributed by atoms with E-state index in [0.29, 0.717) is 12.4 Å². The number of nitrogens with zero attached hydrogens (tertiary/aromatic N) is 5. The number of aromatic nitrogens is 4. The highest BCUT2D eigenvalue weighted by atomic mass is 16.4. The lowest BCUT2D eigenvalue weighted by Gasteiger charge is -2.34. The number of anilines is 1. The summed E-state index contributed by atoms with van der Waals surface area (Å²) in [5.41, 5.74) is 6.59. The minimum Gasteiger partial charge on any atom is -0.465 e. The van der Waals surface area contributed by atoms with Crippen molar-refractivity contribution in [3.05, 3.63) is 77.8 Å². The zero-order valence-electron chi connectivity index (χ0n) is 30.6. The number of rotatable bonds is 8. The van der Waals surface area contributed by atoms with Crippen LogP contribution in [0.3, 0.4) is 0 Å². The molecule has 12 heteroatoms. The smallest absolute Gasteiger partial charge is 0.405 e. The maximum Gasteiger partial charge on any atom is 0.405 e. The number of amides is 2. The molecule has 5 heterocycles. The highest BCUT2D eigenvalue weighted by Crippen LogP contribution is 2.35. The number of hydrogen-bond donors (Lipinski definition) is 5. The Morgan fingerprint density at radius 3 is 2.38 bits per heavy atom. The Kier molecular flexibility index (Phi) is 10.8. The van der Waals surface area contributed by atoms with Crippen molar-refractivity contribution >= 4 is 17.7 Å². The van der Waals surface area contributed by atoms with Gasteiger partial charge in [-0.3, -0.25) is 4.79 Å². The van der Waals surface area contributed by atoms with Gasteiger partial charge in [0.2, 0.25) is 5.91 Å². The molecule has 3 aliphatic heterocycles. The Morgan fingerprint density at radius 2 is 1.64 bits per heavy atom. The van der Waals surface area contributed by atoms with Crippen LogP contribution in [0.4, 0.5) is 10.5 Å². The van der Waals surface area contributed by atoms with Crippen molar-refractivity contribution in [2.75, 3.05) is 51.2 Å². The van der Waals surface area contributed by atoms with E-state index in [4.69, 9.17) is 4.98 Å². The lowest BCUT2D eigenvalue weighted by molar-refractivity contribution is -0.135. The van der Waals surface area contributed by atoms with Crippen molar-refractivity contribution in [1.29, 1.82) is 0 Å². The van der Waals surface area contributed by atoms with Crippen molar-refractivity contribution in [1.82, 2.24) is 40.4 Å². The molecule has 3 atom stereocenters. The average molecular weight is 714 g/mol. The van der Waals surface area contributed by atoms with E-state index in [0.717, 1.165) is 97.9 Å². The molecule has 12 nitrogen and oxygen atoms in total. The molecule has 274 valence electrons. The minimum atomic E-state index is -1.21. The monoisotopic (exact) mass is 713 g/mol. The van der Waals surface area contributed by atoms with E-state index in [1.54, 1.807) is 17.3 Å². The van der Waals surface area contributed by atoms with Gasteiger partial charge in [-0.2, -0.15) is 0 Å². The Bertz CT molecular complexity index is 2050. The van der Waals surface area contributed by atoms with Gasteiger partial charge in [0.25, 0.3) is 0 Å². The van der Waals surface area contributed by atoms with Crippen LogP contribution in [-0.2, 0) is 4.79 Å². The molecular formula is C41H47N9O3. The number of carbonyl (C=O) groups is 2. The molecule has 0 saturated carbocycles. The summed E-state index contributed by atoms with van der Waals surface area (Å²) in [5, 5.41) is 15.2. The van der Waals surface area contributed by atoms with Gasteiger partial charge in [0.15, 0.2) is 0 Å². The van der Waals surface area contributed by atoms with Crippen LogP contribution in [0, 0.1) is 29.6 Å². The molecule has 0 spiro atoms. The molecule has 3 saturated heterocycles. The molecule has 0 aliphatic carbocycles. The molecule has 3 aliphatic rings. The highest BCUT2D eigenvalue weighted by molar-refractivity contribution is 5.86. The van der Waals surface area contributed by atoms with E-state index in [1.165, 1.54) is 5.69 Å². The maximum absolute atomic E-state index is 13.5. The van der Waals surface area contributed by atoms with Gasteiger partial charge in [-0.25, -0.2) is 14.8 Å². The highest BCUT2D eigenvalue weighted by Gasteiger charge is 2.37. The van der Waals surface area contributed by atoms with Crippen LogP contribution in [0.1, 0.15) is 74.5 Å². The number of aromatic amines is 2. The van der Waals surface area contributed by atoms with Crippen molar-refractivity contribution in [3.8, 4) is 46.1 Å².